The zero-order valence-corrected chi connectivity index (χ0v) is 14.0. The number of carbonyl (C=O) groups is 1. The molecule has 0 bridgehead atoms. The van der Waals surface area contributed by atoms with Gasteiger partial charge in [-0.1, -0.05) is 32.0 Å². The maximum Gasteiger partial charge on any atom is 0.230 e. The molecule has 1 aliphatic rings. The molecular formula is C18H26N4O. The molecule has 0 spiro atoms. The maximum absolute atomic E-state index is 13.0. The fourth-order valence-corrected chi connectivity index (χ4v) is 3.67. The Morgan fingerprint density at radius 2 is 2.09 bits per heavy atom. The molecule has 2 heterocycles. The minimum absolute atomic E-state index is 0.212. The van der Waals surface area contributed by atoms with Crippen LogP contribution in [-0.2, 0) is 4.79 Å². The second-order valence-corrected chi connectivity index (χ2v) is 6.53. The van der Waals surface area contributed by atoms with Crippen molar-refractivity contribution in [2.24, 2.45) is 11.1 Å². The second-order valence-electron chi connectivity index (χ2n) is 6.53. The van der Waals surface area contributed by atoms with Crippen LogP contribution in [-0.4, -0.2) is 40.2 Å². The van der Waals surface area contributed by atoms with Crippen LogP contribution in [0.4, 0.5) is 0 Å². The van der Waals surface area contributed by atoms with Gasteiger partial charge in [0.05, 0.1) is 23.2 Å². The van der Waals surface area contributed by atoms with Crippen molar-refractivity contribution in [3.8, 4) is 0 Å². The predicted molar refractivity (Wildman–Crippen MR) is 92.0 cm³/mol. The number of rotatable bonds is 5. The van der Waals surface area contributed by atoms with Gasteiger partial charge in [0.2, 0.25) is 5.91 Å². The van der Waals surface area contributed by atoms with Gasteiger partial charge in [0.15, 0.2) is 0 Å². The number of fused-ring (bicyclic) bond motifs is 1. The summed E-state index contributed by atoms with van der Waals surface area (Å²) in [5.41, 5.74) is 6.68. The van der Waals surface area contributed by atoms with E-state index in [1.807, 2.05) is 23.2 Å². The summed E-state index contributed by atoms with van der Waals surface area (Å²) in [4.78, 5) is 14.9. The first-order valence-corrected chi connectivity index (χ1v) is 8.57. The van der Waals surface area contributed by atoms with Crippen molar-refractivity contribution in [1.29, 1.82) is 0 Å². The van der Waals surface area contributed by atoms with Gasteiger partial charge >= 0.3 is 0 Å². The van der Waals surface area contributed by atoms with Gasteiger partial charge < -0.3 is 10.6 Å². The molecule has 23 heavy (non-hydrogen) atoms. The zero-order valence-electron chi connectivity index (χ0n) is 14.0. The normalized spacial score (nSPS) is 18.7. The Morgan fingerprint density at radius 1 is 1.35 bits per heavy atom. The summed E-state index contributed by atoms with van der Waals surface area (Å²) in [7, 11) is 0. The van der Waals surface area contributed by atoms with Crippen molar-refractivity contribution in [3.05, 3.63) is 30.5 Å². The molecule has 1 unspecified atom stereocenters. The van der Waals surface area contributed by atoms with Gasteiger partial charge in [-0.05, 0) is 25.3 Å². The highest BCUT2D eigenvalue weighted by Crippen LogP contribution is 2.32. The Bertz CT molecular complexity index is 681. The van der Waals surface area contributed by atoms with Crippen molar-refractivity contribution in [1.82, 2.24) is 14.7 Å². The average Bonchev–Trinajstić information content (AvgIpc) is 3.23. The minimum atomic E-state index is -0.402. The van der Waals surface area contributed by atoms with Crippen LogP contribution in [0.15, 0.2) is 30.5 Å². The van der Waals surface area contributed by atoms with E-state index in [4.69, 9.17) is 5.73 Å². The Morgan fingerprint density at radius 3 is 2.78 bits per heavy atom. The molecule has 1 amide bonds. The number of nitrogens with two attached hydrogens (primary N) is 1. The number of hydrogen-bond donors (Lipinski definition) is 1. The molecule has 1 atom stereocenters. The Hall–Kier alpha value is -1.88. The molecule has 0 aliphatic carbocycles. The van der Waals surface area contributed by atoms with E-state index in [0.29, 0.717) is 6.54 Å². The fraction of sp³-hybridized carbons (Fsp3) is 0.556. The molecule has 1 saturated heterocycles. The van der Waals surface area contributed by atoms with Crippen molar-refractivity contribution < 1.29 is 4.79 Å². The molecule has 3 rings (SSSR count). The third kappa shape index (κ3) is 2.63. The number of hydrogen-bond acceptors (Lipinski definition) is 3. The zero-order chi connectivity index (χ0) is 16.4. The van der Waals surface area contributed by atoms with E-state index in [-0.39, 0.29) is 11.9 Å². The van der Waals surface area contributed by atoms with Crippen LogP contribution in [0.2, 0.25) is 0 Å². The lowest BCUT2D eigenvalue weighted by atomic mass is 9.81. The van der Waals surface area contributed by atoms with Gasteiger partial charge in [0.25, 0.3) is 0 Å². The second kappa shape index (κ2) is 6.32. The summed E-state index contributed by atoms with van der Waals surface area (Å²) in [6.45, 7) is 6.06. The number of aromatic nitrogens is 2. The molecule has 2 aromatic rings. The van der Waals surface area contributed by atoms with E-state index in [9.17, 15) is 4.79 Å². The highest BCUT2D eigenvalue weighted by atomic mass is 16.2. The highest BCUT2D eigenvalue weighted by Gasteiger charge is 2.40. The number of para-hydroxylation sites is 1. The van der Waals surface area contributed by atoms with E-state index >= 15 is 0 Å². The SMILES string of the molecule is CCC(CC)(CN)C(=O)N1CCC(n2ncc3ccccc32)C1. The summed E-state index contributed by atoms with van der Waals surface area (Å²) < 4.78 is 2.07. The van der Waals surface area contributed by atoms with E-state index in [1.54, 1.807) is 0 Å². The van der Waals surface area contributed by atoms with Crippen LogP contribution >= 0.6 is 0 Å². The summed E-state index contributed by atoms with van der Waals surface area (Å²) in [6.07, 6.45) is 4.45. The van der Waals surface area contributed by atoms with Gasteiger partial charge in [0, 0.05) is 25.0 Å². The molecule has 5 heteroatoms. The molecule has 1 aliphatic heterocycles. The third-order valence-corrected chi connectivity index (χ3v) is 5.50. The first-order chi connectivity index (χ1) is 11.1. The Balaban J connectivity index is 1.80. The molecule has 124 valence electrons. The van der Waals surface area contributed by atoms with Crippen LogP contribution < -0.4 is 5.73 Å². The number of likely N-dealkylation sites (tertiary alicyclic amines) is 1. The largest absolute Gasteiger partial charge is 0.340 e. The standard InChI is InChI=1S/C18H26N4O/c1-3-18(4-2,13-19)17(23)21-10-9-15(12-21)22-16-8-6-5-7-14(16)11-20-22/h5-8,11,15H,3-4,9-10,12-13,19H2,1-2H3. The summed E-state index contributed by atoms with van der Waals surface area (Å²) in [5, 5.41) is 5.70. The predicted octanol–water partition coefficient (Wildman–Crippen LogP) is 2.57. The third-order valence-electron chi connectivity index (χ3n) is 5.50. The monoisotopic (exact) mass is 314 g/mol. The molecule has 0 radical (unpaired) electrons. The minimum Gasteiger partial charge on any atom is -0.340 e. The summed E-state index contributed by atoms with van der Waals surface area (Å²) in [6, 6.07) is 8.48. The molecular weight excluding hydrogens is 288 g/mol. The van der Waals surface area contributed by atoms with Crippen LogP contribution in [0.1, 0.15) is 39.2 Å². The van der Waals surface area contributed by atoms with Gasteiger partial charge in [-0.25, -0.2) is 0 Å². The molecule has 1 aromatic carbocycles. The first-order valence-electron chi connectivity index (χ1n) is 8.57. The van der Waals surface area contributed by atoms with Crippen molar-refractivity contribution >= 4 is 16.8 Å². The highest BCUT2D eigenvalue weighted by molar-refractivity contribution is 5.83. The fourth-order valence-electron chi connectivity index (χ4n) is 3.67. The quantitative estimate of drug-likeness (QED) is 0.922. The van der Waals surface area contributed by atoms with Gasteiger partial charge in [-0.2, -0.15) is 5.10 Å². The lowest BCUT2D eigenvalue weighted by Gasteiger charge is -2.33. The average molecular weight is 314 g/mol. The van der Waals surface area contributed by atoms with Crippen LogP contribution in [0, 0.1) is 5.41 Å². The van der Waals surface area contributed by atoms with Crippen LogP contribution in [0.25, 0.3) is 10.9 Å². The molecule has 1 aromatic heterocycles. The Labute approximate surface area is 137 Å². The molecule has 1 fully saturated rings. The number of carbonyl (C=O) groups excluding carboxylic acids is 1. The van der Waals surface area contributed by atoms with Crippen molar-refractivity contribution in [2.75, 3.05) is 19.6 Å². The van der Waals surface area contributed by atoms with Gasteiger partial charge in [-0.15, -0.1) is 0 Å². The van der Waals surface area contributed by atoms with Gasteiger partial charge in [0.1, 0.15) is 0 Å². The lowest BCUT2D eigenvalue weighted by molar-refractivity contribution is -0.141. The molecule has 0 saturated carbocycles. The Kier molecular flexibility index (Phi) is 4.39. The van der Waals surface area contributed by atoms with Crippen LogP contribution in [0.5, 0.6) is 0 Å². The van der Waals surface area contributed by atoms with E-state index in [0.717, 1.165) is 43.3 Å². The topological polar surface area (TPSA) is 64.2 Å². The smallest absolute Gasteiger partial charge is 0.230 e. The molecule has 2 N–H and O–H groups in total. The van der Waals surface area contributed by atoms with Crippen molar-refractivity contribution in [3.63, 3.8) is 0 Å². The number of amides is 1. The maximum atomic E-state index is 13.0. The molecule has 5 nitrogen and oxygen atoms in total. The van der Waals surface area contributed by atoms with Gasteiger partial charge in [-0.3, -0.25) is 9.48 Å². The van der Waals surface area contributed by atoms with Crippen molar-refractivity contribution in [2.45, 2.75) is 39.2 Å². The van der Waals surface area contributed by atoms with E-state index in [2.05, 4.69) is 35.8 Å². The number of benzene rings is 1. The summed E-state index contributed by atoms with van der Waals surface area (Å²) in [5.74, 6) is 0.212. The van der Waals surface area contributed by atoms with E-state index < -0.39 is 5.41 Å². The lowest BCUT2D eigenvalue weighted by Crippen LogP contribution is -2.46. The first kappa shape index (κ1) is 16.0. The summed E-state index contributed by atoms with van der Waals surface area (Å²) >= 11 is 0. The number of nitrogens with zero attached hydrogens (tertiary/aromatic N) is 3. The van der Waals surface area contributed by atoms with E-state index in [1.165, 1.54) is 0 Å². The van der Waals surface area contributed by atoms with Crippen LogP contribution in [0.3, 0.4) is 0 Å².